The van der Waals surface area contributed by atoms with E-state index in [1.54, 1.807) is 18.5 Å². The molecule has 1 atom stereocenters. The maximum Gasteiger partial charge on any atom is 0.310 e. The van der Waals surface area contributed by atoms with Gasteiger partial charge in [0, 0.05) is 37.9 Å². The lowest BCUT2D eigenvalue weighted by Crippen LogP contribution is -2.50. The molecule has 1 aliphatic carbocycles. The first-order valence-electron chi connectivity index (χ1n) is 8.14. The van der Waals surface area contributed by atoms with Crippen LogP contribution in [0.4, 0.5) is 5.95 Å². The summed E-state index contributed by atoms with van der Waals surface area (Å²) >= 11 is 0. The van der Waals surface area contributed by atoms with Crippen molar-refractivity contribution in [1.82, 2.24) is 15.3 Å². The fourth-order valence-electron chi connectivity index (χ4n) is 3.39. The minimum atomic E-state index is -0.846. The average molecular weight is 318 g/mol. The number of aromatic nitrogens is 2. The Morgan fingerprint density at radius 3 is 2.65 bits per heavy atom. The number of carbonyl (C=O) groups excluding carboxylic acids is 1. The van der Waals surface area contributed by atoms with Crippen molar-refractivity contribution in [3.05, 3.63) is 18.5 Å². The molecule has 1 aliphatic heterocycles. The van der Waals surface area contributed by atoms with E-state index in [9.17, 15) is 14.7 Å². The zero-order valence-electron chi connectivity index (χ0n) is 13.1. The van der Waals surface area contributed by atoms with Crippen LogP contribution in [-0.2, 0) is 9.59 Å². The third-order valence-electron chi connectivity index (χ3n) is 4.88. The summed E-state index contributed by atoms with van der Waals surface area (Å²) in [5.41, 5.74) is -0.832. The van der Waals surface area contributed by atoms with Gasteiger partial charge in [0.25, 0.3) is 0 Å². The Morgan fingerprint density at radius 2 is 2.04 bits per heavy atom. The highest BCUT2D eigenvalue weighted by atomic mass is 16.4. The van der Waals surface area contributed by atoms with Crippen LogP contribution in [0.15, 0.2) is 18.5 Å². The maximum atomic E-state index is 12.2. The Morgan fingerprint density at radius 1 is 1.30 bits per heavy atom. The highest BCUT2D eigenvalue weighted by Crippen LogP contribution is 2.44. The highest BCUT2D eigenvalue weighted by Gasteiger charge is 2.46. The van der Waals surface area contributed by atoms with E-state index in [-0.39, 0.29) is 18.4 Å². The second-order valence-electron chi connectivity index (χ2n) is 6.52. The molecule has 1 unspecified atom stereocenters. The third kappa shape index (κ3) is 3.43. The molecule has 2 fully saturated rings. The molecule has 2 N–H and O–H groups in total. The molecule has 3 rings (SSSR count). The van der Waals surface area contributed by atoms with Crippen LogP contribution in [0.3, 0.4) is 0 Å². The number of carbonyl (C=O) groups is 2. The molecule has 0 spiro atoms. The van der Waals surface area contributed by atoms with E-state index in [2.05, 4.69) is 20.2 Å². The molecule has 7 heteroatoms. The summed E-state index contributed by atoms with van der Waals surface area (Å²) in [6.45, 7) is 1.53. The molecule has 1 aromatic heterocycles. The molecule has 23 heavy (non-hydrogen) atoms. The molecule has 2 aliphatic rings. The summed E-state index contributed by atoms with van der Waals surface area (Å²) in [6.07, 6.45) is 7.44. The van der Waals surface area contributed by atoms with Gasteiger partial charge in [0.2, 0.25) is 11.9 Å². The van der Waals surface area contributed by atoms with E-state index in [0.717, 1.165) is 25.8 Å². The number of amides is 1. The van der Waals surface area contributed by atoms with Crippen LogP contribution in [-0.4, -0.2) is 46.1 Å². The number of aliphatic carboxylic acids is 1. The van der Waals surface area contributed by atoms with Crippen LogP contribution in [0.5, 0.6) is 0 Å². The molecule has 0 aromatic carbocycles. The van der Waals surface area contributed by atoms with Gasteiger partial charge in [-0.05, 0) is 31.7 Å². The normalized spacial score (nSPS) is 23.0. The van der Waals surface area contributed by atoms with Crippen molar-refractivity contribution in [2.75, 3.05) is 18.0 Å². The standard InChI is InChI=1S/C16H22N4O3/c21-13(10-16(14(22)23)5-2-6-16)19-12-4-1-9-20(11-12)15-17-7-3-8-18-15/h3,7-8,12H,1-2,4-6,9-11H2,(H,19,21)(H,22,23). The first-order chi connectivity index (χ1) is 11.1. The molecule has 1 saturated heterocycles. The van der Waals surface area contributed by atoms with Crippen LogP contribution in [0.25, 0.3) is 0 Å². The van der Waals surface area contributed by atoms with Crippen LogP contribution in [0.2, 0.25) is 0 Å². The van der Waals surface area contributed by atoms with Crippen molar-refractivity contribution in [3.63, 3.8) is 0 Å². The van der Waals surface area contributed by atoms with Gasteiger partial charge in [0.1, 0.15) is 0 Å². The van der Waals surface area contributed by atoms with Gasteiger partial charge < -0.3 is 15.3 Å². The summed E-state index contributed by atoms with van der Waals surface area (Å²) in [4.78, 5) is 34.2. The number of nitrogens with zero attached hydrogens (tertiary/aromatic N) is 3. The molecular weight excluding hydrogens is 296 g/mol. The number of anilines is 1. The van der Waals surface area contributed by atoms with Crippen molar-refractivity contribution in [2.24, 2.45) is 5.41 Å². The zero-order valence-corrected chi connectivity index (χ0v) is 13.1. The molecule has 1 saturated carbocycles. The van der Waals surface area contributed by atoms with Crippen molar-refractivity contribution in [1.29, 1.82) is 0 Å². The van der Waals surface area contributed by atoms with Gasteiger partial charge in [-0.1, -0.05) is 6.42 Å². The number of carboxylic acid groups (broad SMARTS) is 1. The molecular formula is C16H22N4O3. The highest BCUT2D eigenvalue weighted by molar-refractivity contribution is 5.85. The van der Waals surface area contributed by atoms with E-state index in [0.29, 0.717) is 25.3 Å². The Hall–Kier alpha value is -2.18. The number of hydrogen-bond donors (Lipinski definition) is 2. The number of piperidine rings is 1. The average Bonchev–Trinajstić information content (AvgIpc) is 2.52. The minimum absolute atomic E-state index is 0.0194. The van der Waals surface area contributed by atoms with Gasteiger partial charge in [-0.2, -0.15) is 0 Å². The lowest BCUT2D eigenvalue weighted by molar-refractivity contribution is -0.157. The van der Waals surface area contributed by atoms with Crippen molar-refractivity contribution in [3.8, 4) is 0 Å². The second kappa shape index (κ2) is 6.52. The Bertz CT molecular complexity index is 574. The summed E-state index contributed by atoms with van der Waals surface area (Å²) in [5, 5.41) is 12.3. The van der Waals surface area contributed by atoms with Crippen LogP contribution < -0.4 is 10.2 Å². The molecule has 0 radical (unpaired) electrons. The summed E-state index contributed by atoms with van der Waals surface area (Å²) in [5.74, 6) is -0.331. The molecule has 124 valence electrons. The fourth-order valence-corrected chi connectivity index (χ4v) is 3.39. The van der Waals surface area contributed by atoms with E-state index in [4.69, 9.17) is 0 Å². The topological polar surface area (TPSA) is 95.4 Å². The van der Waals surface area contributed by atoms with Crippen LogP contribution in [0.1, 0.15) is 38.5 Å². The maximum absolute atomic E-state index is 12.2. The fraction of sp³-hybridized carbons (Fsp3) is 0.625. The van der Waals surface area contributed by atoms with Crippen molar-refractivity contribution in [2.45, 2.75) is 44.6 Å². The van der Waals surface area contributed by atoms with Gasteiger partial charge in [-0.25, -0.2) is 9.97 Å². The zero-order chi connectivity index (χ0) is 16.3. The van der Waals surface area contributed by atoms with Gasteiger partial charge in [-0.15, -0.1) is 0 Å². The second-order valence-corrected chi connectivity index (χ2v) is 6.52. The number of nitrogens with one attached hydrogen (secondary N) is 1. The molecule has 0 bridgehead atoms. The quantitative estimate of drug-likeness (QED) is 0.847. The Balaban J connectivity index is 1.55. The predicted molar refractivity (Wildman–Crippen MR) is 83.9 cm³/mol. The van der Waals surface area contributed by atoms with E-state index in [1.165, 1.54) is 0 Å². The van der Waals surface area contributed by atoms with Crippen LogP contribution in [0, 0.1) is 5.41 Å². The third-order valence-corrected chi connectivity index (χ3v) is 4.88. The van der Waals surface area contributed by atoms with Crippen molar-refractivity contribution < 1.29 is 14.7 Å². The van der Waals surface area contributed by atoms with E-state index >= 15 is 0 Å². The molecule has 1 aromatic rings. The van der Waals surface area contributed by atoms with Gasteiger partial charge >= 0.3 is 5.97 Å². The number of rotatable bonds is 5. The summed E-state index contributed by atoms with van der Waals surface area (Å²) < 4.78 is 0. The summed E-state index contributed by atoms with van der Waals surface area (Å²) in [6, 6.07) is 1.79. The summed E-state index contributed by atoms with van der Waals surface area (Å²) in [7, 11) is 0. The monoisotopic (exact) mass is 318 g/mol. The number of hydrogen-bond acceptors (Lipinski definition) is 5. The SMILES string of the molecule is O=C(CC1(C(=O)O)CCC1)NC1CCCN(c2ncccn2)C1. The Kier molecular flexibility index (Phi) is 4.45. The lowest BCUT2D eigenvalue weighted by Gasteiger charge is -2.38. The first-order valence-corrected chi connectivity index (χ1v) is 8.14. The molecule has 7 nitrogen and oxygen atoms in total. The number of carboxylic acids is 1. The van der Waals surface area contributed by atoms with Gasteiger partial charge in [0.05, 0.1) is 5.41 Å². The van der Waals surface area contributed by atoms with Crippen molar-refractivity contribution >= 4 is 17.8 Å². The molecule has 2 heterocycles. The van der Waals surface area contributed by atoms with Gasteiger partial charge in [0.15, 0.2) is 0 Å². The van der Waals surface area contributed by atoms with Gasteiger partial charge in [-0.3, -0.25) is 9.59 Å². The predicted octanol–water partition coefficient (Wildman–Crippen LogP) is 1.21. The lowest BCUT2D eigenvalue weighted by atomic mass is 9.66. The Labute approximate surface area is 135 Å². The van der Waals surface area contributed by atoms with E-state index in [1.807, 2.05) is 0 Å². The minimum Gasteiger partial charge on any atom is -0.481 e. The van der Waals surface area contributed by atoms with Crippen LogP contribution >= 0.6 is 0 Å². The first kappa shape index (κ1) is 15.7. The largest absolute Gasteiger partial charge is 0.481 e. The molecule has 1 amide bonds. The smallest absolute Gasteiger partial charge is 0.310 e. The van der Waals surface area contributed by atoms with E-state index < -0.39 is 11.4 Å².